The van der Waals surface area contributed by atoms with Crippen molar-refractivity contribution in [1.29, 1.82) is 0 Å². The van der Waals surface area contributed by atoms with E-state index in [1.807, 2.05) is 0 Å². The Balaban J connectivity index is 2.81. The number of rotatable bonds is 5. The predicted octanol–water partition coefficient (Wildman–Crippen LogP) is 0.341. The lowest BCUT2D eigenvalue weighted by molar-refractivity contribution is -0.141. The SMILES string of the molecule is O=CC(=O)CC(C(=O)O)c1ccc[nH]1. The molecule has 0 aliphatic carbocycles. The molecule has 1 unspecified atom stereocenters. The molecule has 2 N–H and O–H groups in total. The lowest BCUT2D eigenvalue weighted by atomic mass is 10.00. The van der Waals surface area contributed by atoms with Gasteiger partial charge in [0.25, 0.3) is 0 Å². The second-order valence-electron chi connectivity index (χ2n) is 2.80. The quantitative estimate of drug-likeness (QED) is 0.524. The molecule has 0 bridgehead atoms. The van der Waals surface area contributed by atoms with Crippen LogP contribution >= 0.6 is 0 Å². The monoisotopic (exact) mass is 195 g/mol. The number of aromatic amines is 1. The van der Waals surface area contributed by atoms with Crippen molar-refractivity contribution in [1.82, 2.24) is 4.98 Å². The van der Waals surface area contributed by atoms with Crippen LogP contribution in [0.4, 0.5) is 0 Å². The van der Waals surface area contributed by atoms with Crippen molar-refractivity contribution in [3.8, 4) is 0 Å². The average molecular weight is 195 g/mol. The highest BCUT2D eigenvalue weighted by Gasteiger charge is 2.23. The number of aldehydes is 1. The minimum absolute atomic E-state index is 0.138. The van der Waals surface area contributed by atoms with Crippen LogP contribution in [0.25, 0.3) is 0 Å². The number of aliphatic carboxylic acids is 1. The van der Waals surface area contributed by atoms with Gasteiger partial charge in [-0.05, 0) is 12.1 Å². The van der Waals surface area contributed by atoms with E-state index < -0.39 is 17.7 Å². The molecule has 0 aliphatic rings. The van der Waals surface area contributed by atoms with Crippen molar-refractivity contribution in [3.63, 3.8) is 0 Å². The van der Waals surface area contributed by atoms with Gasteiger partial charge in [-0.3, -0.25) is 14.4 Å². The number of hydrogen-bond acceptors (Lipinski definition) is 3. The molecule has 5 nitrogen and oxygen atoms in total. The molecule has 1 heterocycles. The molecular formula is C9H9NO4. The van der Waals surface area contributed by atoms with Gasteiger partial charge in [-0.1, -0.05) is 0 Å². The number of carboxylic acid groups (broad SMARTS) is 1. The summed E-state index contributed by atoms with van der Waals surface area (Å²) in [6.45, 7) is 0. The summed E-state index contributed by atoms with van der Waals surface area (Å²) in [6.07, 6.45) is 1.40. The third-order valence-corrected chi connectivity index (χ3v) is 1.83. The van der Waals surface area contributed by atoms with Crippen LogP contribution in [-0.2, 0) is 14.4 Å². The van der Waals surface area contributed by atoms with Crippen molar-refractivity contribution < 1.29 is 19.5 Å². The van der Waals surface area contributed by atoms with Gasteiger partial charge in [-0.15, -0.1) is 0 Å². The summed E-state index contributed by atoms with van der Waals surface area (Å²) in [5.41, 5.74) is 0.424. The van der Waals surface area contributed by atoms with Gasteiger partial charge in [-0.2, -0.15) is 0 Å². The van der Waals surface area contributed by atoms with Crippen molar-refractivity contribution >= 4 is 18.0 Å². The van der Waals surface area contributed by atoms with Crippen molar-refractivity contribution in [2.75, 3.05) is 0 Å². The van der Waals surface area contributed by atoms with E-state index in [4.69, 9.17) is 5.11 Å². The maximum Gasteiger partial charge on any atom is 0.312 e. The average Bonchev–Trinajstić information content (AvgIpc) is 2.65. The molecule has 0 fully saturated rings. The Bertz CT molecular complexity index is 342. The van der Waals surface area contributed by atoms with Gasteiger partial charge in [0.05, 0.1) is 0 Å². The number of carboxylic acids is 1. The van der Waals surface area contributed by atoms with Gasteiger partial charge in [0.15, 0.2) is 12.1 Å². The summed E-state index contributed by atoms with van der Waals surface area (Å²) in [5.74, 6) is -2.81. The van der Waals surface area contributed by atoms with Crippen molar-refractivity contribution in [2.45, 2.75) is 12.3 Å². The van der Waals surface area contributed by atoms with E-state index in [-0.39, 0.29) is 12.7 Å². The number of H-pyrrole nitrogens is 1. The number of carbonyl (C=O) groups is 3. The maximum absolute atomic E-state index is 10.8. The smallest absolute Gasteiger partial charge is 0.312 e. The summed E-state index contributed by atoms with van der Waals surface area (Å²) in [6, 6.07) is 3.20. The first-order chi connectivity index (χ1) is 6.65. The van der Waals surface area contributed by atoms with Crippen LogP contribution in [0.15, 0.2) is 18.3 Å². The largest absolute Gasteiger partial charge is 0.481 e. The number of carbonyl (C=O) groups excluding carboxylic acids is 2. The van der Waals surface area contributed by atoms with Crippen LogP contribution in [0.5, 0.6) is 0 Å². The van der Waals surface area contributed by atoms with Gasteiger partial charge in [0, 0.05) is 18.3 Å². The summed E-state index contributed by atoms with van der Waals surface area (Å²) in [4.78, 5) is 34.3. The van der Waals surface area contributed by atoms with Crippen LogP contribution in [0.3, 0.4) is 0 Å². The number of Topliss-reactive ketones (excluding diaryl/α,β-unsaturated/α-hetero) is 1. The number of hydrogen-bond donors (Lipinski definition) is 2. The highest BCUT2D eigenvalue weighted by atomic mass is 16.4. The van der Waals surface area contributed by atoms with E-state index in [9.17, 15) is 14.4 Å². The molecule has 1 aromatic rings. The van der Waals surface area contributed by atoms with Gasteiger partial charge < -0.3 is 10.1 Å². The Kier molecular flexibility index (Phi) is 3.17. The molecule has 1 atom stereocenters. The predicted molar refractivity (Wildman–Crippen MR) is 46.9 cm³/mol. The Morgan fingerprint density at radius 3 is 2.71 bits per heavy atom. The van der Waals surface area contributed by atoms with Gasteiger partial charge in [0.2, 0.25) is 0 Å². The summed E-state index contributed by atoms with van der Waals surface area (Å²) in [7, 11) is 0. The van der Waals surface area contributed by atoms with Gasteiger partial charge in [-0.25, -0.2) is 0 Å². The summed E-state index contributed by atoms with van der Waals surface area (Å²) in [5, 5.41) is 8.80. The zero-order chi connectivity index (χ0) is 10.6. The molecule has 0 amide bonds. The topological polar surface area (TPSA) is 87.2 Å². The molecule has 0 spiro atoms. The zero-order valence-electron chi connectivity index (χ0n) is 7.27. The zero-order valence-corrected chi connectivity index (χ0v) is 7.27. The number of aromatic nitrogens is 1. The highest BCUT2D eigenvalue weighted by Crippen LogP contribution is 2.17. The fraction of sp³-hybridized carbons (Fsp3) is 0.222. The molecule has 14 heavy (non-hydrogen) atoms. The van der Waals surface area contributed by atoms with Crippen LogP contribution < -0.4 is 0 Å². The van der Waals surface area contributed by atoms with Crippen LogP contribution in [0, 0.1) is 0 Å². The van der Waals surface area contributed by atoms with E-state index in [0.717, 1.165) is 0 Å². The fourth-order valence-electron chi connectivity index (χ4n) is 1.14. The van der Waals surface area contributed by atoms with Crippen molar-refractivity contribution in [3.05, 3.63) is 24.0 Å². The van der Waals surface area contributed by atoms with E-state index in [0.29, 0.717) is 5.69 Å². The minimum atomic E-state index is -1.12. The molecule has 0 radical (unpaired) electrons. The Labute approximate surface area is 79.7 Å². The first-order valence-corrected chi connectivity index (χ1v) is 3.99. The fourth-order valence-corrected chi connectivity index (χ4v) is 1.14. The first kappa shape index (κ1) is 10.2. The highest BCUT2D eigenvalue weighted by molar-refractivity contribution is 6.25. The van der Waals surface area contributed by atoms with Crippen LogP contribution in [-0.4, -0.2) is 28.1 Å². The number of ketones is 1. The molecule has 74 valence electrons. The normalized spacial score (nSPS) is 12.0. The molecule has 1 aromatic heterocycles. The molecule has 1 rings (SSSR count). The third-order valence-electron chi connectivity index (χ3n) is 1.83. The standard InChI is InChI=1S/C9H9NO4/c11-5-6(12)4-7(9(13)14)8-2-1-3-10-8/h1-3,5,7,10H,4H2,(H,13,14). The van der Waals surface area contributed by atoms with Gasteiger partial charge >= 0.3 is 5.97 Å². The molecule has 0 saturated carbocycles. The lowest BCUT2D eigenvalue weighted by Gasteiger charge is -2.07. The second-order valence-corrected chi connectivity index (χ2v) is 2.80. The summed E-state index contributed by atoms with van der Waals surface area (Å²) < 4.78 is 0. The molecule has 0 aliphatic heterocycles. The summed E-state index contributed by atoms with van der Waals surface area (Å²) >= 11 is 0. The van der Waals surface area contributed by atoms with Gasteiger partial charge in [0.1, 0.15) is 5.92 Å². The van der Waals surface area contributed by atoms with E-state index >= 15 is 0 Å². The molecule has 0 aromatic carbocycles. The van der Waals surface area contributed by atoms with E-state index in [1.165, 1.54) is 0 Å². The molecule has 0 saturated heterocycles. The minimum Gasteiger partial charge on any atom is -0.481 e. The first-order valence-electron chi connectivity index (χ1n) is 3.99. The second kappa shape index (κ2) is 4.36. The third kappa shape index (κ3) is 2.29. The lowest BCUT2D eigenvalue weighted by Crippen LogP contribution is -2.16. The Morgan fingerprint density at radius 2 is 2.29 bits per heavy atom. The van der Waals surface area contributed by atoms with Crippen LogP contribution in [0.1, 0.15) is 18.0 Å². The maximum atomic E-state index is 10.8. The molecular weight excluding hydrogens is 186 g/mol. The van der Waals surface area contributed by atoms with E-state index in [2.05, 4.69) is 4.98 Å². The molecule has 5 heteroatoms. The van der Waals surface area contributed by atoms with Crippen molar-refractivity contribution in [2.24, 2.45) is 0 Å². The van der Waals surface area contributed by atoms with E-state index in [1.54, 1.807) is 18.3 Å². The Morgan fingerprint density at radius 1 is 1.57 bits per heavy atom. The van der Waals surface area contributed by atoms with Crippen LogP contribution in [0.2, 0.25) is 0 Å². The Hall–Kier alpha value is -1.91. The number of nitrogens with one attached hydrogen (secondary N) is 1.